The Morgan fingerprint density at radius 2 is 2.00 bits per heavy atom. The van der Waals surface area contributed by atoms with Gasteiger partial charge >= 0.3 is 5.97 Å². The summed E-state index contributed by atoms with van der Waals surface area (Å²) in [5.74, 6) is -0.800. The molecular formula is C14H23N3O3S. The highest BCUT2D eigenvalue weighted by Crippen LogP contribution is 2.27. The maximum Gasteiger partial charge on any atom is 0.315 e. The Bertz CT molecular complexity index is 495. The van der Waals surface area contributed by atoms with E-state index >= 15 is 0 Å². The summed E-state index contributed by atoms with van der Waals surface area (Å²) in [6.07, 6.45) is 0.402. The molecule has 2 N–H and O–H groups in total. The third-order valence-corrected chi connectivity index (χ3v) is 4.21. The topological polar surface area (TPSA) is 82.5 Å². The number of carbonyl (C=O) groups excluding carboxylic acids is 1. The fraction of sp³-hybridized carbons (Fsp3) is 0.643. The molecule has 1 aromatic heterocycles. The molecule has 1 heterocycles. The number of rotatable bonds is 8. The van der Waals surface area contributed by atoms with Crippen molar-refractivity contribution in [2.45, 2.75) is 39.5 Å². The Kier molecular flexibility index (Phi) is 6.14. The Morgan fingerprint density at radius 1 is 1.38 bits per heavy atom. The number of carboxylic acids is 1. The van der Waals surface area contributed by atoms with E-state index in [0.717, 1.165) is 0 Å². The minimum Gasteiger partial charge on any atom is -0.481 e. The van der Waals surface area contributed by atoms with Gasteiger partial charge in [0.2, 0.25) is 5.91 Å². The van der Waals surface area contributed by atoms with E-state index in [0.29, 0.717) is 36.9 Å². The molecule has 118 valence electrons. The molecule has 0 saturated heterocycles. The van der Waals surface area contributed by atoms with E-state index in [9.17, 15) is 9.59 Å². The van der Waals surface area contributed by atoms with Crippen LogP contribution in [-0.2, 0) is 15.0 Å². The van der Waals surface area contributed by atoms with E-state index in [2.05, 4.69) is 10.3 Å². The highest BCUT2D eigenvalue weighted by molar-refractivity contribution is 7.13. The molecule has 21 heavy (non-hydrogen) atoms. The van der Waals surface area contributed by atoms with Crippen molar-refractivity contribution >= 4 is 28.3 Å². The zero-order valence-electron chi connectivity index (χ0n) is 13.0. The third-order valence-electron chi connectivity index (χ3n) is 3.41. The lowest BCUT2D eigenvalue weighted by Crippen LogP contribution is -2.31. The number of amides is 1. The molecule has 0 aliphatic carbocycles. The summed E-state index contributed by atoms with van der Waals surface area (Å²) in [5, 5.41) is 14.6. The van der Waals surface area contributed by atoms with E-state index in [1.54, 1.807) is 24.1 Å². The van der Waals surface area contributed by atoms with Crippen molar-refractivity contribution in [3.63, 3.8) is 0 Å². The van der Waals surface area contributed by atoms with Gasteiger partial charge in [0.25, 0.3) is 0 Å². The first kappa shape index (κ1) is 17.4. The number of nitrogens with one attached hydrogen (secondary N) is 1. The van der Waals surface area contributed by atoms with Crippen molar-refractivity contribution in [3.8, 4) is 0 Å². The average Bonchev–Trinajstić information content (AvgIpc) is 2.89. The largest absolute Gasteiger partial charge is 0.481 e. The first-order valence-electron chi connectivity index (χ1n) is 7.03. The summed E-state index contributed by atoms with van der Waals surface area (Å²) in [5.41, 5.74) is -0.481. The standard InChI is InChI=1S/C14H23N3O3S/c1-5-17(6-2)11(18)7-8-15-13-16-10(9-21-13)14(3,4)12(19)20/h9H,5-8H2,1-4H3,(H,15,16)(H,19,20). The molecule has 0 aliphatic heterocycles. The van der Waals surface area contributed by atoms with Gasteiger partial charge in [-0.05, 0) is 27.7 Å². The molecule has 0 atom stereocenters. The minimum absolute atomic E-state index is 0.107. The lowest BCUT2D eigenvalue weighted by molar-refractivity contribution is -0.142. The first-order valence-corrected chi connectivity index (χ1v) is 7.91. The number of carbonyl (C=O) groups is 2. The predicted octanol–water partition coefficient (Wildman–Crippen LogP) is 2.18. The number of anilines is 1. The summed E-state index contributed by atoms with van der Waals surface area (Å²) in [7, 11) is 0. The van der Waals surface area contributed by atoms with Crippen molar-refractivity contribution in [1.82, 2.24) is 9.88 Å². The first-order chi connectivity index (χ1) is 9.82. The molecule has 0 saturated carbocycles. The second-order valence-corrected chi connectivity index (χ2v) is 6.07. The molecule has 1 rings (SSSR count). The van der Waals surface area contributed by atoms with Gasteiger partial charge in [-0.3, -0.25) is 9.59 Å². The van der Waals surface area contributed by atoms with Crippen LogP contribution in [0.5, 0.6) is 0 Å². The van der Waals surface area contributed by atoms with Gasteiger partial charge in [0.05, 0.1) is 5.69 Å². The van der Waals surface area contributed by atoms with Gasteiger partial charge in [-0.15, -0.1) is 11.3 Å². The second-order valence-electron chi connectivity index (χ2n) is 5.21. The van der Waals surface area contributed by atoms with Crippen LogP contribution in [0.25, 0.3) is 0 Å². The van der Waals surface area contributed by atoms with Gasteiger partial charge in [-0.2, -0.15) is 0 Å². The molecule has 0 radical (unpaired) electrons. The van der Waals surface area contributed by atoms with Crippen molar-refractivity contribution in [2.24, 2.45) is 0 Å². The highest BCUT2D eigenvalue weighted by atomic mass is 32.1. The Balaban J connectivity index is 2.53. The number of hydrogen-bond acceptors (Lipinski definition) is 5. The van der Waals surface area contributed by atoms with Crippen LogP contribution in [-0.4, -0.2) is 46.5 Å². The van der Waals surface area contributed by atoms with Gasteiger partial charge in [0, 0.05) is 31.4 Å². The zero-order valence-corrected chi connectivity index (χ0v) is 13.8. The van der Waals surface area contributed by atoms with Crippen molar-refractivity contribution in [1.29, 1.82) is 0 Å². The van der Waals surface area contributed by atoms with Crippen molar-refractivity contribution in [2.75, 3.05) is 25.0 Å². The van der Waals surface area contributed by atoms with Crippen LogP contribution in [0.2, 0.25) is 0 Å². The molecule has 6 nitrogen and oxygen atoms in total. The fourth-order valence-corrected chi connectivity index (χ4v) is 2.67. The molecule has 0 aromatic carbocycles. The molecule has 0 unspecified atom stereocenters. The van der Waals surface area contributed by atoms with Gasteiger partial charge < -0.3 is 15.3 Å². The summed E-state index contributed by atoms with van der Waals surface area (Å²) in [6, 6.07) is 0. The molecule has 0 fully saturated rings. The zero-order chi connectivity index (χ0) is 16.0. The van der Waals surface area contributed by atoms with Crippen LogP contribution in [0.1, 0.15) is 39.8 Å². The molecule has 7 heteroatoms. The Morgan fingerprint density at radius 3 is 2.52 bits per heavy atom. The number of hydrogen-bond donors (Lipinski definition) is 2. The summed E-state index contributed by atoms with van der Waals surface area (Å²) < 4.78 is 0. The van der Waals surface area contributed by atoms with E-state index in [1.165, 1.54) is 11.3 Å². The number of thiazole rings is 1. The van der Waals surface area contributed by atoms with Gasteiger partial charge in [0.15, 0.2) is 5.13 Å². The monoisotopic (exact) mass is 313 g/mol. The van der Waals surface area contributed by atoms with Crippen LogP contribution in [0, 0.1) is 0 Å². The molecule has 0 bridgehead atoms. The van der Waals surface area contributed by atoms with E-state index in [-0.39, 0.29) is 5.91 Å². The number of nitrogens with zero attached hydrogens (tertiary/aromatic N) is 2. The van der Waals surface area contributed by atoms with Crippen molar-refractivity contribution < 1.29 is 14.7 Å². The predicted molar refractivity (Wildman–Crippen MR) is 83.8 cm³/mol. The lowest BCUT2D eigenvalue weighted by Gasteiger charge is -2.18. The quantitative estimate of drug-likeness (QED) is 0.768. The molecular weight excluding hydrogens is 290 g/mol. The minimum atomic E-state index is -1.01. The third kappa shape index (κ3) is 4.42. The number of aromatic nitrogens is 1. The number of aliphatic carboxylic acids is 1. The molecule has 1 amide bonds. The van der Waals surface area contributed by atoms with Gasteiger partial charge in [-0.1, -0.05) is 0 Å². The highest BCUT2D eigenvalue weighted by Gasteiger charge is 2.32. The summed E-state index contributed by atoms with van der Waals surface area (Å²) in [6.45, 7) is 9.07. The molecule has 0 aliphatic rings. The molecule has 0 spiro atoms. The number of carboxylic acid groups (broad SMARTS) is 1. The van der Waals surface area contributed by atoms with Crippen LogP contribution < -0.4 is 5.32 Å². The SMILES string of the molecule is CCN(CC)C(=O)CCNc1nc(C(C)(C)C(=O)O)cs1. The molecule has 1 aromatic rings. The second kappa shape index (κ2) is 7.40. The van der Waals surface area contributed by atoms with Crippen LogP contribution in [0.15, 0.2) is 5.38 Å². The van der Waals surface area contributed by atoms with Gasteiger partial charge in [-0.25, -0.2) is 4.98 Å². The fourth-order valence-electron chi connectivity index (χ4n) is 1.76. The summed E-state index contributed by atoms with van der Waals surface area (Å²) >= 11 is 1.35. The van der Waals surface area contributed by atoms with E-state index < -0.39 is 11.4 Å². The van der Waals surface area contributed by atoms with Gasteiger partial charge in [0.1, 0.15) is 5.41 Å². The smallest absolute Gasteiger partial charge is 0.315 e. The average molecular weight is 313 g/mol. The van der Waals surface area contributed by atoms with Crippen LogP contribution >= 0.6 is 11.3 Å². The lowest BCUT2D eigenvalue weighted by atomic mass is 9.90. The Labute approximate surface area is 129 Å². The maximum atomic E-state index is 11.8. The van der Waals surface area contributed by atoms with Crippen LogP contribution in [0.3, 0.4) is 0 Å². The summed E-state index contributed by atoms with van der Waals surface area (Å²) in [4.78, 5) is 29.1. The normalized spacial score (nSPS) is 11.2. The maximum absolute atomic E-state index is 11.8. The Hall–Kier alpha value is -1.63. The van der Waals surface area contributed by atoms with E-state index in [1.807, 2.05) is 13.8 Å². The van der Waals surface area contributed by atoms with E-state index in [4.69, 9.17) is 5.11 Å². The van der Waals surface area contributed by atoms with Crippen molar-refractivity contribution in [3.05, 3.63) is 11.1 Å². The van der Waals surface area contributed by atoms with Crippen LogP contribution in [0.4, 0.5) is 5.13 Å².